The smallest absolute Gasteiger partial charge is 0.0976 e. The summed E-state index contributed by atoms with van der Waals surface area (Å²) < 4.78 is 0. The first-order valence-corrected chi connectivity index (χ1v) is 13.3. The Bertz CT molecular complexity index is 1220. The maximum absolute atomic E-state index is 6.59. The molecular weight excluding hydrogens is 540 g/mol. The number of nitrogens with zero attached hydrogens (tertiary/aromatic N) is 3. The Kier molecular flexibility index (Phi) is 10.9. The van der Waals surface area contributed by atoms with E-state index in [4.69, 9.17) is 39.8 Å². The summed E-state index contributed by atoms with van der Waals surface area (Å²) in [5.41, 5.74) is 5.96. The Balaban J connectivity index is 0.00000342. The minimum absolute atomic E-state index is 0. The van der Waals surface area contributed by atoms with Crippen molar-refractivity contribution in [3.63, 3.8) is 0 Å². The second-order valence-electron chi connectivity index (χ2n) is 7.67. The Morgan fingerprint density at radius 2 is 1.63 bits per heavy atom. The van der Waals surface area contributed by atoms with Crippen molar-refractivity contribution in [2.45, 2.75) is 6.42 Å². The van der Waals surface area contributed by atoms with Crippen LogP contribution in [0.3, 0.4) is 0 Å². The van der Waals surface area contributed by atoms with E-state index in [-0.39, 0.29) is 12.4 Å². The molecule has 0 amide bonds. The van der Waals surface area contributed by atoms with Crippen LogP contribution < -0.4 is 4.90 Å². The molecule has 0 N–H and O–H groups in total. The van der Waals surface area contributed by atoms with Gasteiger partial charge in [0.1, 0.15) is 0 Å². The van der Waals surface area contributed by atoms with Crippen molar-refractivity contribution in [3.8, 4) is 11.3 Å². The summed E-state index contributed by atoms with van der Waals surface area (Å²) in [6.45, 7) is 1.53. The number of thiazole rings is 1. The van der Waals surface area contributed by atoms with Crippen LogP contribution in [0.5, 0.6) is 0 Å². The molecule has 0 atom stereocenters. The Morgan fingerprint density at radius 3 is 2.29 bits per heavy atom. The lowest BCUT2D eigenvalue weighted by Gasteiger charge is -2.22. The van der Waals surface area contributed by atoms with Gasteiger partial charge in [0.05, 0.1) is 21.4 Å². The molecule has 3 nitrogen and oxygen atoms in total. The normalized spacial score (nSPS) is 10.9. The molecule has 4 rings (SSSR count). The van der Waals surface area contributed by atoms with Gasteiger partial charge >= 0.3 is 0 Å². The van der Waals surface area contributed by atoms with E-state index in [0.717, 1.165) is 52.7 Å². The zero-order valence-electron chi connectivity index (χ0n) is 18.9. The summed E-state index contributed by atoms with van der Waals surface area (Å²) in [6, 6.07) is 24.4. The first-order chi connectivity index (χ1) is 16.7. The average Bonchev–Trinajstić information content (AvgIpc) is 3.31. The largest absolute Gasteiger partial charge is 0.369 e. The first-order valence-electron chi connectivity index (χ1n) is 11.0. The molecule has 0 aliphatic rings. The van der Waals surface area contributed by atoms with Crippen LogP contribution in [0.4, 0.5) is 11.4 Å². The summed E-state index contributed by atoms with van der Waals surface area (Å²) in [5, 5.41) is 3.76. The zero-order valence-corrected chi connectivity index (χ0v) is 22.8. The van der Waals surface area contributed by atoms with Crippen LogP contribution in [0.1, 0.15) is 16.1 Å². The van der Waals surface area contributed by atoms with Crippen molar-refractivity contribution in [2.24, 2.45) is 4.99 Å². The summed E-state index contributed by atoms with van der Waals surface area (Å²) in [7, 11) is 0. The van der Waals surface area contributed by atoms with E-state index in [9.17, 15) is 0 Å². The molecule has 0 unspecified atom stereocenters. The van der Waals surface area contributed by atoms with Gasteiger partial charge in [0.2, 0.25) is 0 Å². The molecule has 0 fully saturated rings. The van der Waals surface area contributed by atoms with Gasteiger partial charge < -0.3 is 4.90 Å². The molecule has 8 heteroatoms. The van der Waals surface area contributed by atoms with Crippen LogP contribution in [0.25, 0.3) is 11.3 Å². The van der Waals surface area contributed by atoms with Crippen molar-refractivity contribution in [3.05, 3.63) is 99.3 Å². The van der Waals surface area contributed by atoms with Gasteiger partial charge in [-0.25, -0.2) is 4.98 Å². The number of aliphatic imine (C=N–C) groups is 1. The van der Waals surface area contributed by atoms with Crippen LogP contribution in [0, 0.1) is 0 Å². The monoisotopic (exact) mass is 563 g/mol. The van der Waals surface area contributed by atoms with E-state index in [0.29, 0.717) is 16.8 Å². The Morgan fingerprint density at radius 1 is 0.914 bits per heavy atom. The van der Waals surface area contributed by atoms with E-state index in [2.05, 4.69) is 39.5 Å². The van der Waals surface area contributed by atoms with Crippen molar-refractivity contribution in [2.75, 3.05) is 29.7 Å². The second-order valence-corrected chi connectivity index (χ2v) is 9.77. The highest BCUT2D eigenvalue weighted by atomic mass is 35.5. The Hall–Kier alpha value is -2.08. The molecule has 0 radical (unpaired) electrons. The van der Waals surface area contributed by atoms with Crippen LogP contribution >= 0.6 is 58.5 Å². The number of halogens is 4. The van der Waals surface area contributed by atoms with Crippen molar-refractivity contribution < 1.29 is 0 Å². The predicted octanol–water partition coefficient (Wildman–Crippen LogP) is 8.51. The number of hydrogen-bond donors (Lipinski definition) is 0. The first kappa shape index (κ1) is 27.5. The minimum atomic E-state index is 0. The van der Waals surface area contributed by atoms with Gasteiger partial charge in [0.25, 0.3) is 0 Å². The lowest BCUT2D eigenvalue weighted by Crippen LogP contribution is -2.27. The van der Waals surface area contributed by atoms with Gasteiger partial charge in [-0.15, -0.1) is 46.9 Å². The average molecular weight is 565 g/mol. The molecule has 4 aromatic rings. The highest BCUT2D eigenvalue weighted by Crippen LogP contribution is 2.32. The molecule has 0 saturated heterocycles. The van der Waals surface area contributed by atoms with Gasteiger partial charge in [-0.05, 0) is 41.5 Å². The summed E-state index contributed by atoms with van der Waals surface area (Å²) >= 11 is 20.1. The van der Waals surface area contributed by atoms with Gasteiger partial charge in [-0.1, -0.05) is 54.1 Å². The molecule has 35 heavy (non-hydrogen) atoms. The van der Waals surface area contributed by atoms with E-state index in [1.165, 1.54) is 5.56 Å². The third-order valence-electron chi connectivity index (χ3n) is 5.31. The number of benzene rings is 3. The fourth-order valence-electron chi connectivity index (χ4n) is 3.57. The maximum atomic E-state index is 6.59. The quantitative estimate of drug-likeness (QED) is 0.143. The van der Waals surface area contributed by atoms with Crippen molar-refractivity contribution >= 4 is 76.1 Å². The summed E-state index contributed by atoms with van der Waals surface area (Å²) in [4.78, 5) is 11.6. The van der Waals surface area contributed by atoms with E-state index >= 15 is 0 Å². The molecule has 1 aromatic heterocycles. The summed E-state index contributed by atoms with van der Waals surface area (Å²) in [5.74, 6) is 1.12. The molecule has 0 saturated carbocycles. The highest BCUT2D eigenvalue weighted by molar-refractivity contribution is 7.10. The number of alkyl halides is 2. The molecule has 0 aliphatic carbocycles. The highest BCUT2D eigenvalue weighted by Gasteiger charge is 2.10. The molecule has 3 aromatic carbocycles. The SMILES string of the molecule is Cl.ClCCN(CCCl)c1ccc(C=Nc2ccc(-c3csc(Cc4ccccc4)n3)c(Cl)c2)cc1. The summed E-state index contributed by atoms with van der Waals surface area (Å²) in [6.07, 6.45) is 2.66. The topological polar surface area (TPSA) is 28.5 Å². The standard InChI is InChI=1S/C27H24Cl3N3S.ClH/c28-12-14-33(15-13-29)23-9-6-21(7-10-23)18-31-22-8-11-24(25(30)17-22)26-19-34-27(32-26)16-20-4-2-1-3-5-20;/h1-11,17-19H,12-16H2;1H. The van der Waals surface area contributed by atoms with Crippen LogP contribution in [0.15, 0.2) is 83.2 Å². The molecule has 0 bridgehead atoms. The number of anilines is 1. The van der Waals surface area contributed by atoms with E-state index in [1.807, 2.05) is 54.7 Å². The molecular formula is C27H25Cl4N3S. The van der Waals surface area contributed by atoms with E-state index < -0.39 is 0 Å². The second kappa shape index (κ2) is 13.9. The fraction of sp³-hybridized carbons (Fsp3) is 0.185. The third-order valence-corrected chi connectivity index (χ3v) is 6.81. The van der Waals surface area contributed by atoms with Gasteiger partial charge in [-0.2, -0.15) is 0 Å². The lowest BCUT2D eigenvalue weighted by atomic mass is 10.1. The molecule has 0 spiro atoms. The molecule has 1 heterocycles. The maximum Gasteiger partial charge on any atom is 0.0976 e. The molecule has 182 valence electrons. The van der Waals surface area contributed by atoms with Crippen LogP contribution in [0.2, 0.25) is 5.02 Å². The number of hydrogen-bond acceptors (Lipinski definition) is 4. The van der Waals surface area contributed by atoms with E-state index in [1.54, 1.807) is 11.3 Å². The number of aromatic nitrogens is 1. The fourth-order valence-corrected chi connectivity index (χ4v) is 5.08. The van der Waals surface area contributed by atoms with Crippen molar-refractivity contribution in [1.29, 1.82) is 0 Å². The molecule has 0 aliphatic heterocycles. The van der Waals surface area contributed by atoms with Gasteiger partial charge in [-0.3, -0.25) is 4.99 Å². The Labute approximate surface area is 231 Å². The predicted molar refractivity (Wildman–Crippen MR) is 156 cm³/mol. The third kappa shape index (κ3) is 7.70. The van der Waals surface area contributed by atoms with Crippen LogP contribution in [-0.4, -0.2) is 36.0 Å². The number of rotatable bonds is 10. The van der Waals surface area contributed by atoms with Gasteiger partial charge in [0.15, 0.2) is 0 Å². The van der Waals surface area contributed by atoms with Crippen LogP contribution in [-0.2, 0) is 6.42 Å². The van der Waals surface area contributed by atoms with Crippen molar-refractivity contribution in [1.82, 2.24) is 4.98 Å². The lowest BCUT2D eigenvalue weighted by molar-refractivity contribution is 0.874. The minimum Gasteiger partial charge on any atom is -0.369 e. The zero-order chi connectivity index (χ0) is 23.8. The van der Waals surface area contributed by atoms with Gasteiger partial charge in [0, 0.05) is 54.1 Å².